The molecule has 138 valence electrons. The van der Waals surface area contributed by atoms with Gasteiger partial charge in [0.15, 0.2) is 5.69 Å². The van der Waals surface area contributed by atoms with E-state index in [1.807, 2.05) is 29.9 Å². The molecular weight excluding hydrogens is 342 g/mol. The highest BCUT2D eigenvalue weighted by atomic mass is 16.5. The number of fused-ring (bicyclic) bond motifs is 1. The SMILES string of the molecule is COC(=O)c1cc(N2CCc3c(-c4ccccc4)nn(C)c3CC2)ncn1. The zero-order valence-electron chi connectivity index (χ0n) is 15.4. The van der Waals surface area contributed by atoms with Gasteiger partial charge in [-0.3, -0.25) is 4.68 Å². The lowest BCUT2D eigenvalue weighted by atomic mass is 10.0. The summed E-state index contributed by atoms with van der Waals surface area (Å²) >= 11 is 0. The van der Waals surface area contributed by atoms with Crippen molar-refractivity contribution in [3.63, 3.8) is 0 Å². The highest BCUT2D eigenvalue weighted by Gasteiger charge is 2.23. The molecule has 0 N–H and O–H groups in total. The van der Waals surface area contributed by atoms with Crippen LogP contribution in [0.3, 0.4) is 0 Å². The molecule has 0 fully saturated rings. The Hall–Kier alpha value is -3.22. The van der Waals surface area contributed by atoms with E-state index in [1.54, 1.807) is 6.07 Å². The molecule has 0 bridgehead atoms. The molecule has 0 amide bonds. The molecule has 1 aliphatic heterocycles. The fraction of sp³-hybridized carbons (Fsp3) is 0.300. The molecule has 0 unspecified atom stereocenters. The molecule has 0 atom stereocenters. The average Bonchev–Trinajstić information content (AvgIpc) is 2.89. The lowest BCUT2D eigenvalue weighted by Gasteiger charge is -2.21. The van der Waals surface area contributed by atoms with E-state index in [4.69, 9.17) is 9.84 Å². The summed E-state index contributed by atoms with van der Waals surface area (Å²) < 4.78 is 6.75. The van der Waals surface area contributed by atoms with Crippen LogP contribution in [0.25, 0.3) is 11.3 Å². The van der Waals surface area contributed by atoms with Crippen molar-refractivity contribution >= 4 is 11.8 Å². The van der Waals surface area contributed by atoms with Crippen LogP contribution in [-0.2, 0) is 24.6 Å². The monoisotopic (exact) mass is 363 g/mol. The standard InChI is InChI=1S/C20H21N5O2/c1-24-17-9-11-25(18-12-16(20(26)27-2)21-13-22-18)10-8-15(17)19(23-24)14-6-4-3-5-7-14/h3-7,12-13H,8-11H2,1-2H3. The molecule has 4 rings (SSSR count). The normalized spacial score (nSPS) is 13.8. The first-order valence-electron chi connectivity index (χ1n) is 8.93. The van der Waals surface area contributed by atoms with Crippen LogP contribution in [0.15, 0.2) is 42.7 Å². The predicted octanol–water partition coefficient (Wildman–Crippen LogP) is 2.27. The first-order chi connectivity index (χ1) is 13.2. The number of nitrogens with zero attached hydrogens (tertiary/aromatic N) is 5. The van der Waals surface area contributed by atoms with Crippen molar-refractivity contribution in [1.29, 1.82) is 0 Å². The smallest absolute Gasteiger partial charge is 0.356 e. The number of methoxy groups -OCH3 is 1. The maximum Gasteiger partial charge on any atom is 0.356 e. The van der Waals surface area contributed by atoms with E-state index in [9.17, 15) is 4.79 Å². The molecule has 1 aromatic carbocycles. The molecule has 0 saturated carbocycles. The third kappa shape index (κ3) is 3.28. The number of esters is 1. The summed E-state index contributed by atoms with van der Waals surface area (Å²) in [5.74, 6) is 0.291. The van der Waals surface area contributed by atoms with Gasteiger partial charge in [-0.1, -0.05) is 30.3 Å². The van der Waals surface area contributed by atoms with Gasteiger partial charge in [0.1, 0.15) is 12.1 Å². The van der Waals surface area contributed by atoms with E-state index in [-0.39, 0.29) is 5.69 Å². The third-order valence-corrected chi connectivity index (χ3v) is 4.94. The number of carbonyl (C=O) groups excluding carboxylic acids is 1. The number of aromatic nitrogens is 4. The van der Waals surface area contributed by atoms with Gasteiger partial charge < -0.3 is 9.64 Å². The largest absolute Gasteiger partial charge is 0.464 e. The Labute approximate surface area is 157 Å². The Morgan fingerprint density at radius 2 is 1.89 bits per heavy atom. The summed E-state index contributed by atoms with van der Waals surface area (Å²) in [5.41, 5.74) is 4.99. The lowest BCUT2D eigenvalue weighted by Crippen LogP contribution is -2.27. The highest BCUT2D eigenvalue weighted by Crippen LogP contribution is 2.28. The van der Waals surface area contributed by atoms with Crippen LogP contribution in [0, 0.1) is 0 Å². The van der Waals surface area contributed by atoms with Crippen molar-refractivity contribution in [3.05, 3.63) is 59.7 Å². The van der Waals surface area contributed by atoms with E-state index in [2.05, 4.69) is 27.0 Å². The van der Waals surface area contributed by atoms with Crippen molar-refractivity contribution in [2.75, 3.05) is 25.1 Å². The highest BCUT2D eigenvalue weighted by molar-refractivity contribution is 5.87. The fourth-order valence-electron chi connectivity index (χ4n) is 3.57. The Morgan fingerprint density at radius 1 is 1.11 bits per heavy atom. The summed E-state index contributed by atoms with van der Waals surface area (Å²) in [7, 11) is 3.35. The van der Waals surface area contributed by atoms with Crippen molar-refractivity contribution in [1.82, 2.24) is 19.7 Å². The first kappa shape index (κ1) is 17.2. The Bertz CT molecular complexity index is 968. The van der Waals surface area contributed by atoms with Crippen molar-refractivity contribution < 1.29 is 9.53 Å². The van der Waals surface area contributed by atoms with Gasteiger partial charge in [0.2, 0.25) is 0 Å². The summed E-state index contributed by atoms with van der Waals surface area (Å²) in [4.78, 5) is 22.3. The summed E-state index contributed by atoms with van der Waals surface area (Å²) in [5, 5.41) is 4.76. The molecule has 2 aromatic heterocycles. The van der Waals surface area contributed by atoms with Gasteiger partial charge in [-0.25, -0.2) is 14.8 Å². The Kier molecular flexibility index (Phi) is 4.58. The van der Waals surface area contributed by atoms with Crippen molar-refractivity contribution in [3.8, 4) is 11.3 Å². The molecule has 0 radical (unpaired) electrons. The maximum absolute atomic E-state index is 11.8. The van der Waals surface area contributed by atoms with Crippen molar-refractivity contribution in [2.45, 2.75) is 12.8 Å². The molecule has 3 aromatic rings. The van der Waals surface area contributed by atoms with Gasteiger partial charge in [0.25, 0.3) is 0 Å². The molecular formula is C20H21N5O2. The van der Waals surface area contributed by atoms with Gasteiger partial charge >= 0.3 is 5.97 Å². The fourth-order valence-corrected chi connectivity index (χ4v) is 3.57. The van der Waals surface area contributed by atoms with Crippen molar-refractivity contribution in [2.24, 2.45) is 7.05 Å². The zero-order valence-corrected chi connectivity index (χ0v) is 15.4. The van der Waals surface area contributed by atoms with E-state index in [1.165, 1.54) is 24.7 Å². The van der Waals surface area contributed by atoms with Crippen LogP contribution in [-0.4, -0.2) is 45.9 Å². The van der Waals surface area contributed by atoms with Crippen LogP contribution >= 0.6 is 0 Å². The second kappa shape index (κ2) is 7.19. The number of anilines is 1. The molecule has 0 aliphatic carbocycles. The molecule has 3 heterocycles. The maximum atomic E-state index is 11.8. The molecule has 1 aliphatic rings. The van der Waals surface area contributed by atoms with E-state index in [0.717, 1.165) is 43.0 Å². The van der Waals surface area contributed by atoms with E-state index < -0.39 is 5.97 Å². The Balaban J connectivity index is 1.62. The van der Waals surface area contributed by atoms with Crippen LogP contribution in [0.5, 0.6) is 0 Å². The number of aryl methyl sites for hydroxylation is 1. The molecule has 7 nitrogen and oxygen atoms in total. The second-order valence-electron chi connectivity index (χ2n) is 6.50. The molecule has 0 spiro atoms. The van der Waals surface area contributed by atoms with E-state index in [0.29, 0.717) is 0 Å². The zero-order chi connectivity index (χ0) is 18.8. The minimum absolute atomic E-state index is 0.274. The van der Waals surface area contributed by atoms with Gasteiger partial charge in [-0.05, 0) is 6.42 Å². The van der Waals surface area contributed by atoms with E-state index >= 15 is 0 Å². The van der Waals surface area contributed by atoms with Gasteiger partial charge in [-0.15, -0.1) is 0 Å². The minimum Gasteiger partial charge on any atom is -0.464 e. The van der Waals surface area contributed by atoms with Gasteiger partial charge in [-0.2, -0.15) is 5.10 Å². The molecule has 27 heavy (non-hydrogen) atoms. The minimum atomic E-state index is -0.452. The number of carbonyl (C=O) groups is 1. The van der Waals surface area contributed by atoms with Crippen LogP contribution in [0.4, 0.5) is 5.82 Å². The summed E-state index contributed by atoms with van der Waals surface area (Å²) in [6.45, 7) is 1.61. The number of ether oxygens (including phenoxy) is 1. The predicted molar refractivity (Wildman–Crippen MR) is 102 cm³/mol. The summed E-state index contributed by atoms with van der Waals surface area (Å²) in [6.07, 6.45) is 3.14. The number of benzene rings is 1. The molecule has 0 saturated heterocycles. The summed E-state index contributed by atoms with van der Waals surface area (Å²) in [6, 6.07) is 12.0. The van der Waals surface area contributed by atoms with Gasteiger partial charge in [0, 0.05) is 49.4 Å². The average molecular weight is 363 g/mol. The topological polar surface area (TPSA) is 73.1 Å². The lowest BCUT2D eigenvalue weighted by molar-refractivity contribution is 0.0594. The first-order valence-corrected chi connectivity index (χ1v) is 8.93. The Morgan fingerprint density at radius 3 is 2.67 bits per heavy atom. The number of rotatable bonds is 3. The van der Waals surface area contributed by atoms with Gasteiger partial charge in [0.05, 0.1) is 12.8 Å². The number of hydrogen-bond donors (Lipinski definition) is 0. The quantitative estimate of drug-likeness (QED) is 0.665. The number of hydrogen-bond acceptors (Lipinski definition) is 6. The van der Waals surface area contributed by atoms with Crippen LogP contribution < -0.4 is 4.90 Å². The molecule has 7 heteroatoms. The third-order valence-electron chi connectivity index (χ3n) is 4.94. The van der Waals surface area contributed by atoms with Crippen LogP contribution in [0.1, 0.15) is 21.7 Å². The second-order valence-corrected chi connectivity index (χ2v) is 6.50. The van der Waals surface area contributed by atoms with Crippen LogP contribution in [0.2, 0.25) is 0 Å².